The largest absolute Gasteiger partial charge is 0.494 e. The van der Waals surface area contributed by atoms with Gasteiger partial charge in [0, 0.05) is 18.2 Å². The average Bonchev–Trinajstić information content (AvgIpc) is 3.23. The molecule has 8 nitrogen and oxygen atoms in total. The summed E-state index contributed by atoms with van der Waals surface area (Å²) in [7, 11) is 0. The van der Waals surface area contributed by atoms with E-state index >= 15 is 0 Å². The number of unbranched alkanes of at least 4 members (excludes halogenated alkanes) is 1. The molecule has 1 aliphatic heterocycles. The standard InChI is InChI=1S/C24H25F3N2O6S/c1-3-5-11-32-16-8-6-15(7-9-16)22(36)34-14-19-18(33-10-4-2)12-20(35-19)29-13-17(24(25,26)27)21(30)28-23(29)31/h2,6-9,13,18-20H,3,5,10-12,14H2,1H3,(H,28,30,31)/t18-,19+,20+/m0/s1. The van der Waals surface area contributed by atoms with Crippen molar-refractivity contribution in [2.24, 2.45) is 0 Å². The van der Waals surface area contributed by atoms with E-state index in [2.05, 4.69) is 12.8 Å². The van der Waals surface area contributed by atoms with Gasteiger partial charge in [-0.3, -0.25) is 14.3 Å². The predicted molar refractivity (Wildman–Crippen MR) is 128 cm³/mol. The van der Waals surface area contributed by atoms with Crippen LogP contribution in [0.15, 0.2) is 40.1 Å². The number of ether oxygens (including phenoxy) is 4. The number of benzene rings is 1. The molecular formula is C24H25F3N2O6S. The van der Waals surface area contributed by atoms with Gasteiger partial charge in [-0.25, -0.2) is 4.79 Å². The molecular weight excluding hydrogens is 501 g/mol. The predicted octanol–water partition coefficient (Wildman–Crippen LogP) is 3.43. The molecule has 2 aromatic rings. The summed E-state index contributed by atoms with van der Waals surface area (Å²) in [6, 6.07) is 7.02. The van der Waals surface area contributed by atoms with Gasteiger partial charge in [-0.15, -0.1) is 6.42 Å². The summed E-state index contributed by atoms with van der Waals surface area (Å²) in [6.45, 7) is 2.48. The number of aromatic nitrogens is 2. The Morgan fingerprint density at radius 1 is 1.31 bits per heavy atom. The number of terminal acetylenes is 1. The summed E-state index contributed by atoms with van der Waals surface area (Å²) in [5.74, 6) is 3.01. The average molecular weight is 527 g/mol. The van der Waals surface area contributed by atoms with Gasteiger partial charge in [0.05, 0.1) is 12.7 Å². The van der Waals surface area contributed by atoms with Gasteiger partial charge in [-0.1, -0.05) is 19.3 Å². The molecule has 0 spiro atoms. The van der Waals surface area contributed by atoms with Crippen LogP contribution in [0.2, 0.25) is 0 Å². The summed E-state index contributed by atoms with van der Waals surface area (Å²) in [4.78, 5) is 25.5. The molecule has 1 aromatic carbocycles. The first-order valence-electron chi connectivity index (χ1n) is 11.2. The van der Waals surface area contributed by atoms with E-state index in [1.807, 2.05) is 0 Å². The number of hydrogen-bond donors (Lipinski definition) is 1. The van der Waals surface area contributed by atoms with Crippen molar-refractivity contribution < 1.29 is 32.1 Å². The van der Waals surface area contributed by atoms with E-state index in [1.165, 1.54) is 0 Å². The van der Waals surface area contributed by atoms with Gasteiger partial charge in [-0.05, 0) is 42.9 Å². The number of nitrogens with zero attached hydrogens (tertiary/aromatic N) is 1. The first-order valence-corrected chi connectivity index (χ1v) is 11.6. The molecule has 2 heterocycles. The van der Waals surface area contributed by atoms with Gasteiger partial charge in [0.15, 0.2) is 5.05 Å². The van der Waals surface area contributed by atoms with Crippen LogP contribution in [0.1, 0.15) is 43.5 Å². The number of thiocarbonyl (C=S) groups is 1. The first kappa shape index (κ1) is 27.4. The highest BCUT2D eigenvalue weighted by Gasteiger charge is 2.40. The van der Waals surface area contributed by atoms with Crippen LogP contribution in [0.3, 0.4) is 0 Å². The fraction of sp³-hybridized carbons (Fsp3) is 0.458. The molecule has 0 saturated carbocycles. The highest BCUT2D eigenvalue weighted by Crippen LogP contribution is 2.32. The van der Waals surface area contributed by atoms with Crippen molar-refractivity contribution in [3.05, 3.63) is 62.4 Å². The van der Waals surface area contributed by atoms with Gasteiger partial charge >= 0.3 is 11.9 Å². The molecule has 3 atom stereocenters. The van der Waals surface area contributed by atoms with Crippen molar-refractivity contribution in [3.8, 4) is 18.1 Å². The second-order valence-corrected chi connectivity index (χ2v) is 8.32. The minimum Gasteiger partial charge on any atom is -0.494 e. The maximum atomic E-state index is 13.2. The third kappa shape index (κ3) is 6.96. The first-order chi connectivity index (χ1) is 17.1. The lowest BCUT2D eigenvalue weighted by molar-refractivity contribution is -0.139. The molecule has 36 heavy (non-hydrogen) atoms. The maximum absolute atomic E-state index is 13.2. The number of halogens is 3. The van der Waals surface area contributed by atoms with Crippen LogP contribution in [0.4, 0.5) is 13.2 Å². The molecule has 194 valence electrons. The second-order valence-electron chi connectivity index (χ2n) is 7.95. The summed E-state index contributed by atoms with van der Waals surface area (Å²) in [6.07, 6.45) is 0.0446. The number of nitrogens with one attached hydrogen (secondary N) is 1. The van der Waals surface area contributed by atoms with Crippen molar-refractivity contribution in [1.29, 1.82) is 0 Å². The van der Waals surface area contributed by atoms with Crippen LogP contribution in [0.25, 0.3) is 0 Å². The Kier molecular flexibility index (Phi) is 9.31. The molecule has 1 aliphatic rings. The molecule has 12 heteroatoms. The number of rotatable bonds is 10. The van der Waals surface area contributed by atoms with Crippen LogP contribution >= 0.6 is 12.2 Å². The Labute approximate surface area is 210 Å². The lowest BCUT2D eigenvalue weighted by atomic mass is 10.2. The number of H-pyrrole nitrogens is 1. The fourth-order valence-corrected chi connectivity index (χ4v) is 3.72. The second kappa shape index (κ2) is 12.2. The number of alkyl halides is 3. The summed E-state index contributed by atoms with van der Waals surface area (Å²) in [5.41, 5.74) is -3.48. The number of aromatic amines is 1. The zero-order valence-electron chi connectivity index (χ0n) is 19.4. The van der Waals surface area contributed by atoms with E-state index in [-0.39, 0.29) is 24.7 Å². The molecule has 1 fully saturated rings. The monoisotopic (exact) mass is 526 g/mol. The van der Waals surface area contributed by atoms with E-state index in [9.17, 15) is 22.8 Å². The SMILES string of the molecule is C#CCO[C@H]1C[C@H](n2cc(C(F)(F)F)c(=O)[nH]c2=O)O[C@@H]1COC(=S)c1ccc(OCCCC)cc1. The van der Waals surface area contributed by atoms with E-state index in [1.54, 1.807) is 29.2 Å². The Bertz CT molecular complexity index is 1200. The zero-order chi connectivity index (χ0) is 26.3. The molecule has 1 saturated heterocycles. The van der Waals surface area contributed by atoms with Crippen LogP contribution in [0.5, 0.6) is 5.75 Å². The van der Waals surface area contributed by atoms with E-state index in [0.717, 1.165) is 12.8 Å². The summed E-state index contributed by atoms with van der Waals surface area (Å²) in [5, 5.41) is 0.165. The molecule has 1 aromatic heterocycles. The van der Waals surface area contributed by atoms with Gasteiger partial charge in [0.2, 0.25) is 0 Å². The third-order valence-electron chi connectivity index (χ3n) is 5.38. The van der Waals surface area contributed by atoms with Crippen LogP contribution in [-0.4, -0.2) is 46.6 Å². The van der Waals surface area contributed by atoms with Crippen LogP contribution in [-0.2, 0) is 20.4 Å². The Hall–Kier alpha value is -3.14. The summed E-state index contributed by atoms with van der Waals surface area (Å²) < 4.78 is 62.8. The van der Waals surface area contributed by atoms with E-state index in [0.29, 0.717) is 28.7 Å². The minimum atomic E-state index is -4.95. The topological polar surface area (TPSA) is 91.8 Å². The maximum Gasteiger partial charge on any atom is 0.423 e. The summed E-state index contributed by atoms with van der Waals surface area (Å²) >= 11 is 5.34. The van der Waals surface area contributed by atoms with E-state index < -0.39 is 41.4 Å². The molecule has 0 aliphatic carbocycles. The molecule has 1 N–H and O–H groups in total. The Morgan fingerprint density at radius 3 is 2.67 bits per heavy atom. The van der Waals surface area contributed by atoms with Crippen molar-refractivity contribution in [2.45, 2.75) is 50.8 Å². The van der Waals surface area contributed by atoms with Gasteiger partial charge in [0.1, 0.15) is 36.9 Å². The van der Waals surface area contributed by atoms with E-state index in [4.69, 9.17) is 37.6 Å². The van der Waals surface area contributed by atoms with Crippen molar-refractivity contribution >= 4 is 17.3 Å². The fourth-order valence-electron chi connectivity index (χ4n) is 3.52. The van der Waals surface area contributed by atoms with Crippen LogP contribution < -0.4 is 16.0 Å². The van der Waals surface area contributed by atoms with Crippen molar-refractivity contribution in [1.82, 2.24) is 9.55 Å². The molecule has 0 unspecified atom stereocenters. The molecule has 0 bridgehead atoms. The molecule has 3 rings (SSSR count). The van der Waals surface area contributed by atoms with Gasteiger partial charge < -0.3 is 18.9 Å². The highest BCUT2D eigenvalue weighted by molar-refractivity contribution is 7.80. The molecule has 0 amide bonds. The zero-order valence-corrected chi connectivity index (χ0v) is 20.2. The molecule has 0 radical (unpaired) electrons. The van der Waals surface area contributed by atoms with Crippen molar-refractivity contribution in [2.75, 3.05) is 19.8 Å². The Balaban J connectivity index is 1.70. The number of hydrogen-bond acceptors (Lipinski definition) is 7. The lowest BCUT2D eigenvalue weighted by Crippen LogP contribution is -2.36. The van der Waals surface area contributed by atoms with Crippen LogP contribution in [0, 0.1) is 12.3 Å². The van der Waals surface area contributed by atoms with Gasteiger partial charge in [0.25, 0.3) is 5.56 Å². The highest BCUT2D eigenvalue weighted by atomic mass is 32.1. The Morgan fingerprint density at radius 2 is 2.03 bits per heavy atom. The normalized spacial score (nSPS) is 19.6. The minimum absolute atomic E-state index is 0.00445. The quantitative estimate of drug-likeness (QED) is 0.288. The lowest BCUT2D eigenvalue weighted by Gasteiger charge is -2.19. The van der Waals surface area contributed by atoms with Gasteiger partial charge in [-0.2, -0.15) is 13.2 Å². The van der Waals surface area contributed by atoms with Crippen molar-refractivity contribution in [3.63, 3.8) is 0 Å². The smallest absolute Gasteiger partial charge is 0.423 e. The third-order valence-corrected chi connectivity index (χ3v) is 5.73.